The molecule has 1 aliphatic rings. The largest absolute Gasteiger partial charge is 0.322 e. The van der Waals surface area contributed by atoms with E-state index in [0.29, 0.717) is 6.54 Å². The second-order valence-corrected chi connectivity index (χ2v) is 5.35. The van der Waals surface area contributed by atoms with E-state index >= 15 is 0 Å². The molecule has 1 aliphatic heterocycles. The van der Waals surface area contributed by atoms with Gasteiger partial charge in [0.05, 0.1) is 6.04 Å². The van der Waals surface area contributed by atoms with Crippen molar-refractivity contribution in [3.63, 3.8) is 0 Å². The molecular formula is C16H23FN2O. The molecule has 0 aliphatic carbocycles. The second kappa shape index (κ2) is 6.84. The van der Waals surface area contributed by atoms with Gasteiger partial charge < -0.3 is 4.90 Å². The highest BCUT2D eigenvalue weighted by molar-refractivity contribution is 5.84. The van der Waals surface area contributed by atoms with Crippen LogP contribution in [-0.4, -0.2) is 23.4 Å². The monoisotopic (exact) mass is 278 g/mol. The minimum Gasteiger partial charge on any atom is -0.322 e. The average molecular weight is 278 g/mol. The Morgan fingerprint density at radius 3 is 2.75 bits per heavy atom. The topological polar surface area (TPSA) is 32.3 Å². The predicted molar refractivity (Wildman–Crippen MR) is 77.6 cm³/mol. The van der Waals surface area contributed by atoms with Crippen molar-refractivity contribution in [2.45, 2.75) is 51.7 Å². The van der Waals surface area contributed by atoms with Crippen LogP contribution in [0.15, 0.2) is 24.3 Å². The molecule has 0 saturated carbocycles. The molecule has 1 heterocycles. The fourth-order valence-electron chi connectivity index (χ4n) is 2.73. The minimum atomic E-state index is -0.259. The zero-order valence-electron chi connectivity index (χ0n) is 12.2. The first-order chi connectivity index (χ1) is 9.67. The summed E-state index contributed by atoms with van der Waals surface area (Å²) >= 11 is 0. The molecule has 0 radical (unpaired) electrons. The third-order valence-corrected chi connectivity index (χ3v) is 3.73. The van der Waals surface area contributed by atoms with Crippen molar-refractivity contribution in [2.75, 3.05) is 6.54 Å². The van der Waals surface area contributed by atoms with E-state index in [1.54, 1.807) is 6.07 Å². The molecule has 0 spiro atoms. The highest BCUT2D eigenvalue weighted by Crippen LogP contribution is 2.27. The summed E-state index contributed by atoms with van der Waals surface area (Å²) < 4.78 is 13.4. The van der Waals surface area contributed by atoms with Gasteiger partial charge in [0.1, 0.15) is 12.0 Å². The van der Waals surface area contributed by atoms with E-state index in [-0.39, 0.29) is 23.9 Å². The van der Waals surface area contributed by atoms with Gasteiger partial charge in [-0.1, -0.05) is 38.8 Å². The zero-order chi connectivity index (χ0) is 14.5. The fourth-order valence-corrected chi connectivity index (χ4v) is 2.73. The molecule has 2 atom stereocenters. The van der Waals surface area contributed by atoms with Crippen LogP contribution < -0.4 is 5.32 Å². The molecule has 1 aromatic rings. The van der Waals surface area contributed by atoms with E-state index < -0.39 is 0 Å². The SMILES string of the molecule is CCCCC1NC(c2cccc(F)c2)N(CCC)C1=O. The normalized spacial score (nSPS) is 22.6. The lowest BCUT2D eigenvalue weighted by Crippen LogP contribution is -2.31. The van der Waals surface area contributed by atoms with Crippen LogP contribution in [0.5, 0.6) is 0 Å². The number of carbonyl (C=O) groups excluding carboxylic acids is 1. The maximum absolute atomic E-state index is 13.4. The Labute approximate surface area is 120 Å². The first kappa shape index (κ1) is 15.0. The van der Waals surface area contributed by atoms with Crippen molar-refractivity contribution >= 4 is 5.91 Å². The third kappa shape index (κ3) is 3.18. The van der Waals surface area contributed by atoms with Gasteiger partial charge in [0.15, 0.2) is 0 Å². The van der Waals surface area contributed by atoms with E-state index in [4.69, 9.17) is 0 Å². The summed E-state index contributed by atoms with van der Waals surface area (Å²) in [5.41, 5.74) is 0.825. The van der Waals surface area contributed by atoms with E-state index in [9.17, 15) is 9.18 Å². The number of nitrogens with zero attached hydrogens (tertiary/aromatic N) is 1. The Kier molecular flexibility index (Phi) is 5.12. The van der Waals surface area contributed by atoms with Crippen LogP contribution in [-0.2, 0) is 4.79 Å². The fraction of sp³-hybridized carbons (Fsp3) is 0.562. The van der Waals surface area contributed by atoms with Gasteiger partial charge in [-0.15, -0.1) is 0 Å². The standard InChI is InChI=1S/C16H23FN2O/c1-3-5-9-14-16(20)19(10-4-2)15(18-14)12-7-6-8-13(17)11-12/h6-8,11,14-15,18H,3-5,9-10H2,1-2H3. The van der Waals surface area contributed by atoms with Crippen molar-refractivity contribution in [2.24, 2.45) is 0 Å². The Balaban J connectivity index is 2.19. The molecular weight excluding hydrogens is 255 g/mol. The van der Waals surface area contributed by atoms with Crippen LogP contribution in [0.1, 0.15) is 51.3 Å². The van der Waals surface area contributed by atoms with Crippen molar-refractivity contribution in [3.8, 4) is 0 Å². The Morgan fingerprint density at radius 1 is 1.30 bits per heavy atom. The number of hydrogen-bond donors (Lipinski definition) is 1. The van der Waals surface area contributed by atoms with Crippen molar-refractivity contribution < 1.29 is 9.18 Å². The second-order valence-electron chi connectivity index (χ2n) is 5.35. The molecule has 0 aromatic heterocycles. The molecule has 1 saturated heterocycles. The number of carbonyl (C=O) groups is 1. The number of nitrogens with one attached hydrogen (secondary N) is 1. The van der Waals surface area contributed by atoms with Crippen molar-refractivity contribution in [1.82, 2.24) is 10.2 Å². The van der Waals surface area contributed by atoms with E-state index in [1.165, 1.54) is 12.1 Å². The first-order valence-corrected chi connectivity index (χ1v) is 7.49. The molecule has 1 N–H and O–H groups in total. The summed E-state index contributed by atoms with van der Waals surface area (Å²) in [6.07, 6.45) is 3.66. The number of halogens is 1. The zero-order valence-corrected chi connectivity index (χ0v) is 12.2. The first-order valence-electron chi connectivity index (χ1n) is 7.49. The highest BCUT2D eigenvalue weighted by Gasteiger charge is 2.38. The lowest BCUT2D eigenvalue weighted by atomic mass is 10.1. The molecule has 4 heteroatoms. The maximum atomic E-state index is 13.4. The lowest BCUT2D eigenvalue weighted by molar-refractivity contribution is -0.130. The van der Waals surface area contributed by atoms with Crippen LogP contribution in [0.25, 0.3) is 0 Å². The molecule has 0 bridgehead atoms. The third-order valence-electron chi connectivity index (χ3n) is 3.73. The summed E-state index contributed by atoms with van der Waals surface area (Å²) in [4.78, 5) is 14.3. The summed E-state index contributed by atoms with van der Waals surface area (Å²) in [6.45, 7) is 4.87. The Hall–Kier alpha value is -1.42. The summed E-state index contributed by atoms with van der Waals surface area (Å²) in [7, 11) is 0. The van der Waals surface area contributed by atoms with Gasteiger partial charge in [-0.05, 0) is 30.5 Å². The average Bonchev–Trinajstić information content (AvgIpc) is 2.74. The van der Waals surface area contributed by atoms with Gasteiger partial charge >= 0.3 is 0 Å². The summed E-state index contributed by atoms with van der Waals surface area (Å²) in [5.74, 6) is -0.111. The van der Waals surface area contributed by atoms with Gasteiger partial charge in [-0.3, -0.25) is 10.1 Å². The van der Waals surface area contributed by atoms with Crippen LogP contribution >= 0.6 is 0 Å². The minimum absolute atomic E-state index is 0.130. The van der Waals surface area contributed by atoms with Gasteiger partial charge in [0.25, 0.3) is 0 Å². The molecule has 20 heavy (non-hydrogen) atoms. The summed E-state index contributed by atoms with van der Waals surface area (Å²) in [6, 6.07) is 6.38. The van der Waals surface area contributed by atoms with Gasteiger partial charge in [-0.2, -0.15) is 0 Å². The van der Waals surface area contributed by atoms with Crippen LogP contribution in [0, 0.1) is 5.82 Å². The quantitative estimate of drug-likeness (QED) is 0.866. The number of unbranched alkanes of at least 4 members (excludes halogenated alkanes) is 1. The molecule has 1 amide bonds. The molecule has 2 unspecified atom stereocenters. The van der Waals surface area contributed by atoms with E-state index in [0.717, 1.165) is 31.2 Å². The predicted octanol–water partition coefficient (Wildman–Crippen LogP) is 3.22. The van der Waals surface area contributed by atoms with Crippen LogP contribution in [0.4, 0.5) is 4.39 Å². The van der Waals surface area contributed by atoms with Gasteiger partial charge in [-0.25, -0.2) is 4.39 Å². The smallest absolute Gasteiger partial charge is 0.241 e. The molecule has 2 rings (SSSR count). The number of benzene rings is 1. The van der Waals surface area contributed by atoms with Crippen molar-refractivity contribution in [1.29, 1.82) is 0 Å². The molecule has 1 aromatic carbocycles. The van der Waals surface area contributed by atoms with Crippen LogP contribution in [0.3, 0.4) is 0 Å². The molecule has 3 nitrogen and oxygen atoms in total. The molecule has 1 fully saturated rings. The van der Waals surface area contributed by atoms with Gasteiger partial charge in [0.2, 0.25) is 5.91 Å². The van der Waals surface area contributed by atoms with E-state index in [1.807, 2.05) is 11.0 Å². The lowest BCUT2D eigenvalue weighted by Gasteiger charge is -2.24. The number of rotatable bonds is 6. The van der Waals surface area contributed by atoms with Crippen LogP contribution in [0.2, 0.25) is 0 Å². The van der Waals surface area contributed by atoms with Gasteiger partial charge in [0, 0.05) is 6.54 Å². The van der Waals surface area contributed by atoms with E-state index in [2.05, 4.69) is 19.2 Å². The highest BCUT2D eigenvalue weighted by atomic mass is 19.1. The molecule has 110 valence electrons. The van der Waals surface area contributed by atoms with Crippen molar-refractivity contribution in [3.05, 3.63) is 35.6 Å². The Morgan fingerprint density at radius 2 is 2.10 bits per heavy atom. The number of hydrogen-bond acceptors (Lipinski definition) is 2. The number of amides is 1. The summed E-state index contributed by atoms with van der Waals surface area (Å²) in [5, 5.41) is 3.36. The Bertz CT molecular complexity index is 464. The maximum Gasteiger partial charge on any atom is 0.241 e.